The number of aryl methyl sites for hydroxylation is 1. The molecule has 1 N–H and O–H groups in total. The Morgan fingerprint density at radius 2 is 2.12 bits per heavy atom. The van der Waals surface area contributed by atoms with E-state index in [1.54, 1.807) is 29.2 Å². The quantitative estimate of drug-likeness (QED) is 0.749. The van der Waals surface area contributed by atoms with Gasteiger partial charge in [-0.05, 0) is 36.2 Å². The van der Waals surface area contributed by atoms with Gasteiger partial charge in [0.2, 0.25) is 5.91 Å². The van der Waals surface area contributed by atoms with Crippen LogP contribution in [0.15, 0.2) is 55.1 Å². The Hall–Kier alpha value is -3.22. The zero-order chi connectivity index (χ0) is 17.6. The lowest BCUT2D eigenvalue weighted by molar-refractivity contribution is -0.116. The minimum atomic E-state index is -0.433. The molecule has 6 nitrogen and oxygen atoms in total. The Balaban J connectivity index is 1.65. The first-order chi connectivity index (χ1) is 12.2. The van der Waals surface area contributed by atoms with Gasteiger partial charge in [0.15, 0.2) is 11.6 Å². The maximum atomic E-state index is 13.7. The largest absolute Gasteiger partial charge is 0.494 e. The van der Waals surface area contributed by atoms with Crippen molar-refractivity contribution in [1.82, 2.24) is 14.8 Å². The number of anilines is 1. The molecular formula is C18H17FN4O2. The number of amides is 1. The third-order valence-corrected chi connectivity index (χ3v) is 3.70. The second kappa shape index (κ2) is 7.57. The highest BCUT2D eigenvalue weighted by Crippen LogP contribution is 2.20. The average Bonchev–Trinajstić information content (AvgIpc) is 3.15. The monoisotopic (exact) mass is 340 g/mol. The van der Waals surface area contributed by atoms with Gasteiger partial charge in [0.05, 0.1) is 18.5 Å². The van der Waals surface area contributed by atoms with Gasteiger partial charge in [0, 0.05) is 6.42 Å². The van der Waals surface area contributed by atoms with Crippen molar-refractivity contribution in [3.05, 3.63) is 66.5 Å². The number of hydrogen-bond acceptors (Lipinski definition) is 4. The van der Waals surface area contributed by atoms with Crippen LogP contribution in [0.2, 0.25) is 0 Å². The highest BCUT2D eigenvalue weighted by atomic mass is 19.1. The fraction of sp³-hybridized carbons (Fsp3) is 0.167. The Morgan fingerprint density at radius 1 is 1.28 bits per heavy atom. The molecule has 0 aliphatic heterocycles. The molecule has 0 unspecified atom stereocenters. The van der Waals surface area contributed by atoms with Crippen molar-refractivity contribution >= 4 is 11.6 Å². The summed E-state index contributed by atoms with van der Waals surface area (Å²) in [6.07, 6.45) is 3.65. The summed E-state index contributed by atoms with van der Waals surface area (Å²) in [5.41, 5.74) is 2.10. The summed E-state index contributed by atoms with van der Waals surface area (Å²) in [6.45, 7) is 0. The highest BCUT2D eigenvalue weighted by molar-refractivity contribution is 5.92. The molecule has 0 fully saturated rings. The summed E-state index contributed by atoms with van der Waals surface area (Å²) in [4.78, 5) is 16.2. The SMILES string of the molecule is COc1ccc(CCC(=O)Nc2ccccc2-n2cncn2)cc1F. The number of nitrogens with zero attached hydrogens (tertiary/aromatic N) is 3. The molecule has 1 amide bonds. The molecule has 7 heteroatoms. The van der Waals surface area contributed by atoms with Crippen LogP contribution in [-0.4, -0.2) is 27.8 Å². The fourth-order valence-electron chi connectivity index (χ4n) is 2.45. The van der Waals surface area contributed by atoms with Crippen LogP contribution >= 0.6 is 0 Å². The number of methoxy groups -OCH3 is 1. The number of hydrogen-bond donors (Lipinski definition) is 1. The maximum absolute atomic E-state index is 13.7. The van der Waals surface area contributed by atoms with Gasteiger partial charge in [-0.3, -0.25) is 4.79 Å². The summed E-state index contributed by atoms with van der Waals surface area (Å²) in [5.74, 6) is -0.407. The molecule has 25 heavy (non-hydrogen) atoms. The lowest BCUT2D eigenvalue weighted by Gasteiger charge is -2.11. The van der Waals surface area contributed by atoms with Gasteiger partial charge in [-0.15, -0.1) is 0 Å². The minimum absolute atomic E-state index is 0.163. The highest BCUT2D eigenvalue weighted by Gasteiger charge is 2.10. The van der Waals surface area contributed by atoms with E-state index >= 15 is 0 Å². The van der Waals surface area contributed by atoms with E-state index in [0.717, 1.165) is 11.3 Å². The first kappa shape index (κ1) is 16.6. The van der Waals surface area contributed by atoms with E-state index in [1.807, 2.05) is 18.2 Å². The summed E-state index contributed by atoms with van der Waals surface area (Å²) in [7, 11) is 1.41. The van der Waals surface area contributed by atoms with E-state index < -0.39 is 5.82 Å². The van der Waals surface area contributed by atoms with E-state index in [0.29, 0.717) is 12.1 Å². The van der Waals surface area contributed by atoms with Gasteiger partial charge < -0.3 is 10.1 Å². The molecule has 0 aliphatic carbocycles. The third kappa shape index (κ3) is 4.00. The van der Waals surface area contributed by atoms with Crippen molar-refractivity contribution in [2.45, 2.75) is 12.8 Å². The van der Waals surface area contributed by atoms with Gasteiger partial charge in [0.25, 0.3) is 0 Å². The van der Waals surface area contributed by atoms with Crippen LogP contribution in [0.4, 0.5) is 10.1 Å². The molecule has 128 valence electrons. The van der Waals surface area contributed by atoms with Crippen LogP contribution in [0.3, 0.4) is 0 Å². The summed E-state index contributed by atoms with van der Waals surface area (Å²) in [6, 6.07) is 12.0. The van der Waals surface area contributed by atoms with Crippen molar-refractivity contribution in [1.29, 1.82) is 0 Å². The molecule has 0 radical (unpaired) electrons. The Bertz CT molecular complexity index is 865. The lowest BCUT2D eigenvalue weighted by Crippen LogP contribution is -2.14. The van der Waals surface area contributed by atoms with E-state index in [4.69, 9.17) is 4.74 Å². The molecule has 1 aromatic heterocycles. The Labute approximate surface area is 144 Å². The molecular weight excluding hydrogens is 323 g/mol. The summed E-state index contributed by atoms with van der Waals surface area (Å²) >= 11 is 0. The Kier molecular flexibility index (Phi) is 5.03. The second-order valence-corrected chi connectivity index (χ2v) is 5.37. The molecule has 0 aliphatic rings. The van der Waals surface area contributed by atoms with Crippen LogP contribution in [0.25, 0.3) is 5.69 Å². The van der Waals surface area contributed by atoms with Gasteiger partial charge in [-0.1, -0.05) is 18.2 Å². The number of ether oxygens (including phenoxy) is 1. The van der Waals surface area contributed by atoms with E-state index in [-0.39, 0.29) is 18.1 Å². The summed E-state index contributed by atoms with van der Waals surface area (Å²) < 4.78 is 20.2. The van der Waals surface area contributed by atoms with E-state index in [9.17, 15) is 9.18 Å². The normalized spacial score (nSPS) is 10.5. The van der Waals surface area contributed by atoms with Crippen LogP contribution in [0.5, 0.6) is 5.75 Å². The third-order valence-electron chi connectivity index (χ3n) is 3.70. The van der Waals surface area contributed by atoms with E-state index in [1.165, 1.54) is 19.5 Å². The number of benzene rings is 2. The second-order valence-electron chi connectivity index (χ2n) is 5.37. The molecule has 0 bridgehead atoms. The van der Waals surface area contributed by atoms with Crippen LogP contribution in [-0.2, 0) is 11.2 Å². The van der Waals surface area contributed by atoms with Crippen molar-refractivity contribution in [3.8, 4) is 11.4 Å². The molecule has 3 rings (SSSR count). The maximum Gasteiger partial charge on any atom is 0.224 e. The Morgan fingerprint density at radius 3 is 2.84 bits per heavy atom. The van der Waals surface area contributed by atoms with Gasteiger partial charge in [0.1, 0.15) is 12.7 Å². The molecule has 2 aromatic carbocycles. The van der Waals surface area contributed by atoms with E-state index in [2.05, 4.69) is 15.4 Å². The number of nitrogens with one attached hydrogen (secondary N) is 1. The van der Waals surface area contributed by atoms with Crippen molar-refractivity contribution in [2.24, 2.45) is 0 Å². The number of para-hydroxylation sites is 2. The number of carbonyl (C=O) groups excluding carboxylic acids is 1. The first-order valence-electron chi connectivity index (χ1n) is 7.73. The van der Waals surface area contributed by atoms with Crippen molar-refractivity contribution in [3.63, 3.8) is 0 Å². The lowest BCUT2D eigenvalue weighted by atomic mass is 10.1. The van der Waals surface area contributed by atoms with Gasteiger partial charge in [-0.25, -0.2) is 14.1 Å². The number of halogens is 1. The molecule has 0 atom stereocenters. The molecule has 3 aromatic rings. The topological polar surface area (TPSA) is 69.0 Å². The van der Waals surface area contributed by atoms with Crippen molar-refractivity contribution < 1.29 is 13.9 Å². The average molecular weight is 340 g/mol. The molecule has 0 spiro atoms. The molecule has 0 saturated heterocycles. The number of aromatic nitrogens is 3. The zero-order valence-electron chi connectivity index (χ0n) is 13.6. The van der Waals surface area contributed by atoms with Crippen molar-refractivity contribution in [2.75, 3.05) is 12.4 Å². The van der Waals surface area contributed by atoms with Gasteiger partial charge >= 0.3 is 0 Å². The first-order valence-corrected chi connectivity index (χ1v) is 7.73. The molecule has 1 heterocycles. The van der Waals surface area contributed by atoms with Crippen LogP contribution in [0, 0.1) is 5.82 Å². The predicted octanol–water partition coefficient (Wildman–Crippen LogP) is 2.99. The smallest absolute Gasteiger partial charge is 0.224 e. The zero-order valence-corrected chi connectivity index (χ0v) is 13.6. The summed E-state index contributed by atoms with van der Waals surface area (Å²) in [5, 5.41) is 6.93. The van der Waals surface area contributed by atoms with Crippen LogP contribution < -0.4 is 10.1 Å². The predicted molar refractivity (Wildman–Crippen MR) is 91.3 cm³/mol. The number of carbonyl (C=O) groups is 1. The standard InChI is InChI=1S/C18H17FN4O2/c1-25-17-8-6-13(10-14(17)19)7-9-18(24)22-15-4-2-3-5-16(15)23-12-20-11-21-23/h2-6,8,10-12H,7,9H2,1H3,(H,22,24). The van der Waals surface area contributed by atoms with Crippen LogP contribution in [0.1, 0.15) is 12.0 Å². The van der Waals surface area contributed by atoms with Gasteiger partial charge in [-0.2, -0.15) is 5.10 Å². The molecule has 0 saturated carbocycles. The fourth-order valence-corrected chi connectivity index (χ4v) is 2.45. The number of rotatable bonds is 6. The minimum Gasteiger partial charge on any atom is -0.494 e.